The molecule has 0 aromatic heterocycles. The molecule has 1 aliphatic heterocycles. The second-order valence-electron chi connectivity index (χ2n) is 5.20. The third-order valence-electron chi connectivity index (χ3n) is 3.45. The fourth-order valence-electron chi connectivity index (χ4n) is 2.12. The average molecular weight is 315 g/mol. The number of ether oxygens (including phenoxy) is 1. The average Bonchev–Trinajstić information content (AvgIpc) is 2.48. The molecule has 7 heteroatoms. The summed E-state index contributed by atoms with van der Waals surface area (Å²) in [6.07, 6.45) is -4.75. The summed E-state index contributed by atoms with van der Waals surface area (Å²) in [5.74, 6) is 0. The molecule has 1 aliphatic rings. The summed E-state index contributed by atoms with van der Waals surface area (Å²) in [6, 6.07) is 7.65. The number of benzene rings is 1. The van der Waals surface area contributed by atoms with Gasteiger partial charge in [0.2, 0.25) is 0 Å². The molecule has 0 amide bonds. The zero-order valence-corrected chi connectivity index (χ0v) is 12.8. The smallest absolute Gasteiger partial charge is 0.136 e. The number of nitrogens with zero attached hydrogens (tertiary/aromatic N) is 1. The Morgan fingerprint density at radius 1 is 1.05 bits per heavy atom. The van der Waals surface area contributed by atoms with Crippen LogP contribution in [-0.2, 0) is 4.74 Å². The van der Waals surface area contributed by atoms with E-state index in [-0.39, 0.29) is 0 Å². The first-order valence-corrected chi connectivity index (χ1v) is 7.56. The lowest BCUT2D eigenvalue weighted by Gasteiger charge is -2.39. The van der Waals surface area contributed by atoms with E-state index in [4.69, 9.17) is 9.84 Å². The molecule has 1 heterocycles. The monoisotopic (exact) mass is 315 g/mol. The Balaban J connectivity index is 2.07. The van der Waals surface area contributed by atoms with E-state index in [1.807, 2.05) is 43.3 Å². The lowest BCUT2D eigenvalue weighted by molar-refractivity contribution is -0.205. The maximum atomic E-state index is 9.98. The van der Waals surface area contributed by atoms with Crippen LogP contribution < -0.4 is 4.90 Å². The minimum absolute atomic E-state index is 0.415. The van der Waals surface area contributed by atoms with Gasteiger partial charge in [-0.25, -0.2) is 0 Å². The van der Waals surface area contributed by atoms with E-state index >= 15 is 0 Å². The van der Waals surface area contributed by atoms with E-state index in [1.54, 1.807) is 0 Å². The van der Waals surface area contributed by atoms with E-state index in [1.165, 1.54) is 11.8 Å². The van der Waals surface area contributed by atoms with Crippen molar-refractivity contribution in [1.82, 2.24) is 0 Å². The van der Waals surface area contributed by atoms with Crippen molar-refractivity contribution in [2.45, 2.75) is 34.7 Å². The minimum Gasteiger partial charge on any atom is -0.394 e. The first kappa shape index (κ1) is 16.5. The van der Waals surface area contributed by atoms with Gasteiger partial charge in [0.1, 0.15) is 29.9 Å². The quantitative estimate of drug-likeness (QED) is 0.603. The molecule has 1 fully saturated rings. The Morgan fingerprint density at radius 2 is 1.67 bits per heavy atom. The van der Waals surface area contributed by atoms with Crippen LogP contribution >= 0.6 is 11.8 Å². The lowest BCUT2D eigenvalue weighted by Crippen LogP contribution is -2.57. The van der Waals surface area contributed by atoms with Crippen molar-refractivity contribution >= 4 is 17.4 Å². The van der Waals surface area contributed by atoms with Crippen LogP contribution in [0, 0.1) is 0 Å². The van der Waals surface area contributed by atoms with Crippen molar-refractivity contribution < 1.29 is 25.2 Å². The summed E-state index contributed by atoms with van der Waals surface area (Å²) in [6.45, 7) is -0.415. The Kier molecular flexibility index (Phi) is 5.48. The van der Waals surface area contributed by atoms with Crippen molar-refractivity contribution in [3.8, 4) is 0 Å². The first-order chi connectivity index (χ1) is 9.93. The Labute approximate surface area is 128 Å². The Hall–Kier alpha value is -0.830. The van der Waals surface area contributed by atoms with E-state index in [0.29, 0.717) is 0 Å². The minimum atomic E-state index is -1.34. The molecule has 6 nitrogen and oxygen atoms in total. The van der Waals surface area contributed by atoms with Crippen LogP contribution in [0.5, 0.6) is 0 Å². The second kappa shape index (κ2) is 6.95. The zero-order chi connectivity index (χ0) is 15.6. The molecule has 5 atom stereocenters. The molecule has 1 saturated heterocycles. The molecule has 118 valence electrons. The normalized spacial score (nSPS) is 33.0. The van der Waals surface area contributed by atoms with Gasteiger partial charge in [0.05, 0.1) is 6.61 Å². The van der Waals surface area contributed by atoms with Crippen molar-refractivity contribution in [2.24, 2.45) is 0 Å². The van der Waals surface area contributed by atoms with Crippen molar-refractivity contribution in [3.05, 3.63) is 24.3 Å². The highest BCUT2D eigenvalue weighted by atomic mass is 32.2. The predicted octanol–water partition coefficient (Wildman–Crippen LogP) is -0.355. The van der Waals surface area contributed by atoms with Crippen LogP contribution in [0.15, 0.2) is 29.2 Å². The van der Waals surface area contributed by atoms with Crippen molar-refractivity contribution in [1.29, 1.82) is 0 Å². The van der Waals surface area contributed by atoms with E-state index in [9.17, 15) is 15.3 Å². The summed E-state index contributed by atoms with van der Waals surface area (Å²) in [5.41, 5.74) is 0.305. The Bertz CT molecular complexity index is 453. The molecule has 0 unspecified atom stereocenters. The summed E-state index contributed by atoms with van der Waals surface area (Å²) in [7, 11) is 3.89. The van der Waals surface area contributed by atoms with E-state index < -0.39 is 36.5 Å². The summed E-state index contributed by atoms with van der Waals surface area (Å²) < 4.78 is 5.45. The highest BCUT2D eigenvalue weighted by Crippen LogP contribution is 2.33. The van der Waals surface area contributed by atoms with Crippen molar-refractivity contribution in [3.63, 3.8) is 0 Å². The van der Waals surface area contributed by atoms with Gasteiger partial charge in [-0.05, 0) is 24.3 Å². The van der Waals surface area contributed by atoms with Crippen LogP contribution in [-0.4, -0.2) is 71.0 Å². The molecule has 0 spiro atoms. The lowest BCUT2D eigenvalue weighted by atomic mass is 10.0. The van der Waals surface area contributed by atoms with Gasteiger partial charge < -0.3 is 30.1 Å². The van der Waals surface area contributed by atoms with Gasteiger partial charge in [-0.2, -0.15) is 0 Å². The summed E-state index contributed by atoms with van der Waals surface area (Å²) >= 11 is 1.25. The molecular weight excluding hydrogens is 294 g/mol. The van der Waals surface area contributed by atoms with Crippen LogP contribution in [0.3, 0.4) is 0 Å². The van der Waals surface area contributed by atoms with Crippen LogP contribution in [0.4, 0.5) is 5.69 Å². The molecule has 1 aromatic rings. The number of thioether (sulfide) groups is 1. The number of rotatable bonds is 4. The van der Waals surface area contributed by atoms with Gasteiger partial charge in [-0.3, -0.25) is 0 Å². The van der Waals surface area contributed by atoms with Gasteiger partial charge in [0.15, 0.2) is 0 Å². The third kappa shape index (κ3) is 3.68. The molecule has 21 heavy (non-hydrogen) atoms. The molecule has 0 aliphatic carbocycles. The molecular formula is C14H21NO5S. The number of hydrogen-bond donors (Lipinski definition) is 4. The molecule has 0 bridgehead atoms. The molecule has 2 rings (SSSR count). The van der Waals surface area contributed by atoms with E-state index in [0.717, 1.165) is 10.6 Å². The standard InChI is InChI=1S/C14H21NO5S/c1-15(2)8-3-5-9(6-4-8)21-14-13(19)12(18)11(17)10(7-16)20-14/h3-6,10-14,16-19H,7H2,1-2H3/t10-,11+,12+,13-,14-/m0/s1. The Morgan fingerprint density at radius 3 is 2.19 bits per heavy atom. The number of anilines is 1. The predicted molar refractivity (Wildman–Crippen MR) is 80.4 cm³/mol. The largest absolute Gasteiger partial charge is 0.394 e. The van der Waals surface area contributed by atoms with E-state index in [2.05, 4.69) is 0 Å². The zero-order valence-electron chi connectivity index (χ0n) is 12.0. The summed E-state index contributed by atoms with van der Waals surface area (Å²) in [4.78, 5) is 2.84. The van der Waals surface area contributed by atoms with Crippen LogP contribution in [0.25, 0.3) is 0 Å². The number of aliphatic hydroxyl groups excluding tert-OH is 4. The first-order valence-electron chi connectivity index (χ1n) is 6.68. The van der Waals surface area contributed by atoms with Gasteiger partial charge in [0.25, 0.3) is 0 Å². The summed E-state index contributed by atoms with van der Waals surface area (Å²) in [5, 5.41) is 38.6. The third-order valence-corrected chi connectivity index (χ3v) is 4.62. The topological polar surface area (TPSA) is 93.4 Å². The highest BCUT2D eigenvalue weighted by molar-refractivity contribution is 7.99. The van der Waals surface area contributed by atoms with Gasteiger partial charge >= 0.3 is 0 Å². The number of aliphatic hydroxyl groups is 4. The van der Waals surface area contributed by atoms with Crippen LogP contribution in [0.1, 0.15) is 0 Å². The molecule has 0 saturated carbocycles. The van der Waals surface area contributed by atoms with Gasteiger partial charge in [-0.15, -0.1) is 0 Å². The highest BCUT2D eigenvalue weighted by Gasteiger charge is 2.43. The molecule has 4 N–H and O–H groups in total. The van der Waals surface area contributed by atoms with Crippen molar-refractivity contribution in [2.75, 3.05) is 25.6 Å². The fourth-order valence-corrected chi connectivity index (χ4v) is 3.18. The van der Waals surface area contributed by atoms with Gasteiger partial charge in [0, 0.05) is 24.7 Å². The van der Waals surface area contributed by atoms with Gasteiger partial charge in [-0.1, -0.05) is 11.8 Å². The SMILES string of the molecule is CN(C)c1ccc(S[C@@H]2O[C@@H](CO)[C@@H](O)[C@@H](O)[C@@H]2O)cc1. The fraction of sp³-hybridized carbons (Fsp3) is 0.571. The molecule has 1 aromatic carbocycles. The molecule has 0 radical (unpaired) electrons. The maximum absolute atomic E-state index is 9.98. The van der Waals surface area contributed by atoms with Crippen LogP contribution in [0.2, 0.25) is 0 Å². The second-order valence-corrected chi connectivity index (χ2v) is 6.38. The number of hydrogen-bond acceptors (Lipinski definition) is 7. The maximum Gasteiger partial charge on any atom is 0.136 e.